The molecule has 2 N–H and O–H groups in total. The highest BCUT2D eigenvalue weighted by molar-refractivity contribution is 5.82. The molecule has 2 aliphatic rings. The maximum absolute atomic E-state index is 12.2. The summed E-state index contributed by atoms with van der Waals surface area (Å²) < 4.78 is 36.7. The summed E-state index contributed by atoms with van der Waals surface area (Å²) in [5, 5.41) is 5.35. The van der Waals surface area contributed by atoms with Crippen molar-refractivity contribution < 1.29 is 18.0 Å². The maximum Gasteiger partial charge on any atom is 0.471 e. The minimum absolute atomic E-state index is 0.0541. The number of halogens is 3. The fourth-order valence-electron chi connectivity index (χ4n) is 2.81. The standard InChI is InChI=1S/C11H18F3N3O/c12-11(13,14)10(18)16-8-2-1-3-9(8)17-6-4-15-5-7-17/h8-9,15H,1-7H2,(H,16,18). The molecule has 2 rings (SSSR count). The highest BCUT2D eigenvalue weighted by Crippen LogP contribution is 2.26. The Hall–Kier alpha value is -0.820. The molecule has 1 aliphatic heterocycles. The van der Waals surface area contributed by atoms with Crippen molar-refractivity contribution in [2.24, 2.45) is 0 Å². The van der Waals surface area contributed by atoms with Gasteiger partial charge in [-0.2, -0.15) is 13.2 Å². The van der Waals surface area contributed by atoms with E-state index < -0.39 is 12.1 Å². The van der Waals surface area contributed by atoms with Gasteiger partial charge >= 0.3 is 12.1 Å². The molecule has 18 heavy (non-hydrogen) atoms. The number of rotatable bonds is 2. The summed E-state index contributed by atoms with van der Waals surface area (Å²) in [7, 11) is 0. The van der Waals surface area contributed by atoms with Gasteiger partial charge in [0.25, 0.3) is 0 Å². The Morgan fingerprint density at radius 3 is 2.50 bits per heavy atom. The van der Waals surface area contributed by atoms with Crippen LogP contribution in [0.1, 0.15) is 19.3 Å². The summed E-state index contributed by atoms with van der Waals surface area (Å²) in [6.07, 6.45) is -2.41. The van der Waals surface area contributed by atoms with Gasteiger partial charge in [-0.1, -0.05) is 0 Å². The SMILES string of the molecule is O=C(NC1CCCC1N1CCNCC1)C(F)(F)F. The van der Waals surface area contributed by atoms with Gasteiger partial charge in [0.2, 0.25) is 0 Å². The van der Waals surface area contributed by atoms with E-state index in [4.69, 9.17) is 0 Å². The van der Waals surface area contributed by atoms with E-state index in [2.05, 4.69) is 15.5 Å². The van der Waals surface area contributed by atoms with Crippen LogP contribution in [0.25, 0.3) is 0 Å². The molecule has 7 heteroatoms. The molecule has 2 fully saturated rings. The maximum atomic E-state index is 12.2. The Balaban J connectivity index is 1.93. The van der Waals surface area contributed by atoms with Crippen molar-refractivity contribution >= 4 is 5.91 Å². The second-order valence-corrected chi connectivity index (χ2v) is 4.86. The summed E-state index contributed by atoms with van der Waals surface area (Å²) in [5.41, 5.74) is 0. The van der Waals surface area contributed by atoms with Gasteiger partial charge < -0.3 is 10.6 Å². The lowest BCUT2D eigenvalue weighted by Gasteiger charge is -2.36. The first-order valence-electron chi connectivity index (χ1n) is 6.31. The number of hydrogen-bond donors (Lipinski definition) is 2. The summed E-state index contributed by atoms with van der Waals surface area (Å²) in [6.45, 7) is 3.39. The minimum Gasteiger partial charge on any atom is -0.344 e. The van der Waals surface area contributed by atoms with Gasteiger partial charge in [-0.25, -0.2) is 0 Å². The molecular weight excluding hydrogens is 247 g/mol. The van der Waals surface area contributed by atoms with Gasteiger partial charge in [0.1, 0.15) is 0 Å². The Bertz CT molecular complexity index is 302. The van der Waals surface area contributed by atoms with Gasteiger partial charge in [0.15, 0.2) is 0 Å². The average Bonchev–Trinajstić information content (AvgIpc) is 2.77. The molecule has 4 nitrogen and oxygen atoms in total. The second-order valence-electron chi connectivity index (χ2n) is 4.86. The van der Waals surface area contributed by atoms with Crippen molar-refractivity contribution in [1.82, 2.24) is 15.5 Å². The lowest BCUT2D eigenvalue weighted by molar-refractivity contribution is -0.174. The molecule has 0 radical (unpaired) electrons. The fraction of sp³-hybridized carbons (Fsp3) is 0.909. The Labute approximate surface area is 104 Å². The van der Waals surface area contributed by atoms with Gasteiger partial charge in [0, 0.05) is 38.3 Å². The molecule has 1 saturated heterocycles. The van der Waals surface area contributed by atoms with Crippen molar-refractivity contribution in [3.8, 4) is 0 Å². The molecule has 2 unspecified atom stereocenters. The molecule has 0 bridgehead atoms. The van der Waals surface area contributed by atoms with E-state index in [1.54, 1.807) is 0 Å². The predicted octanol–water partition coefficient (Wildman–Crippen LogP) is 0.491. The molecule has 1 aliphatic carbocycles. The first-order valence-corrected chi connectivity index (χ1v) is 6.31. The van der Waals surface area contributed by atoms with Crippen LogP contribution in [-0.4, -0.2) is 55.2 Å². The van der Waals surface area contributed by atoms with Crippen LogP contribution in [0.3, 0.4) is 0 Å². The summed E-state index contributed by atoms with van der Waals surface area (Å²) in [6, 6.07) is -0.310. The summed E-state index contributed by atoms with van der Waals surface area (Å²) in [5.74, 6) is -1.81. The minimum atomic E-state index is -4.78. The number of piperazine rings is 1. The molecule has 2 atom stereocenters. The van der Waals surface area contributed by atoms with E-state index in [1.807, 2.05) is 0 Å². The quantitative estimate of drug-likeness (QED) is 0.764. The van der Waals surface area contributed by atoms with Crippen molar-refractivity contribution in [3.63, 3.8) is 0 Å². The molecule has 0 aromatic heterocycles. The van der Waals surface area contributed by atoms with Gasteiger partial charge in [-0.05, 0) is 19.3 Å². The number of carbonyl (C=O) groups is 1. The molecule has 0 aromatic carbocycles. The van der Waals surface area contributed by atoms with Gasteiger partial charge in [-0.3, -0.25) is 9.69 Å². The van der Waals surface area contributed by atoms with Crippen molar-refractivity contribution in [1.29, 1.82) is 0 Å². The van der Waals surface area contributed by atoms with Crippen molar-refractivity contribution in [2.45, 2.75) is 37.5 Å². The molecule has 1 heterocycles. The topological polar surface area (TPSA) is 44.4 Å². The first kappa shape index (κ1) is 13.6. The summed E-state index contributed by atoms with van der Waals surface area (Å²) >= 11 is 0. The largest absolute Gasteiger partial charge is 0.471 e. The number of hydrogen-bond acceptors (Lipinski definition) is 3. The smallest absolute Gasteiger partial charge is 0.344 e. The molecule has 1 saturated carbocycles. The number of nitrogens with zero attached hydrogens (tertiary/aromatic N) is 1. The zero-order valence-corrected chi connectivity index (χ0v) is 10.1. The highest BCUT2D eigenvalue weighted by Gasteiger charge is 2.42. The Morgan fingerprint density at radius 1 is 1.22 bits per heavy atom. The Morgan fingerprint density at radius 2 is 1.89 bits per heavy atom. The average molecular weight is 265 g/mol. The van der Waals surface area contributed by atoms with Crippen LogP contribution in [0.5, 0.6) is 0 Å². The molecule has 0 aromatic rings. The van der Waals surface area contributed by atoms with Crippen LogP contribution >= 0.6 is 0 Å². The van der Waals surface area contributed by atoms with Crippen molar-refractivity contribution in [3.05, 3.63) is 0 Å². The number of alkyl halides is 3. The summed E-state index contributed by atoms with van der Waals surface area (Å²) in [4.78, 5) is 13.2. The lowest BCUT2D eigenvalue weighted by Crippen LogP contribution is -2.55. The normalized spacial score (nSPS) is 30.4. The Kier molecular flexibility index (Phi) is 4.11. The van der Waals surface area contributed by atoms with Crippen LogP contribution in [-0.2, 0) is 4.79 Å². The zero-order valence-electron chi connectivity index (χ0n) is 10.1. The van der Waals surface area contributed by atoms with Crippen LogP contribution in [0.15, 0.2) is 0 Å². The highest BCUT2D eigenvalue weighted by atomic mass is 19.4. The second kappa shape index (κ2) is 5.44. The monoisotopic (exact) mass is 265 g/mol. The van der Waals surface area contributed by atoms with E-state index in [0.717, 1.165) is 39.0 Å². The third-order valence-electron chi connectivity index (χ3n) is 3.67. The predicted molar refractivity (Wildman–Crippen MR) is 60.1 cm³/mol. The lowest BCUT2D eigenvalue weighted by atomic mass is 10.1. The van der Waals surface area contributed by atoms with Gasteiger partial charge in [0.05, 0.1) is 0 Å². The third-order valence-corrected chi connectivity index (χ3v) is 3.67. The van der Waals surface area contributed by atoms with E-state index >= 15 is 0 Å². The third kappa shape index (κ3) is 3.14. The molecule has 104 valence electrons. The number of amides is 1. The van der Waals surface area contributed by atoms with Crippen LogP contribution < -0.4 is 10.6 Å². The molecular formula is C11H18F3N3O. The van der Waals surface area contributed by atoms with Crippen LogP contribution in [0.2, 0.25) is 0 Å². The number of nitrogens with one attached hydrogen (secondary N) is 2. The van der Waals surface area contributed by atoms with Crippen LogP contribution in [0.4, 0.5) is 13.2 Å². The van der Waals surface area contributed by atoms with E-state index in [-0.39, 0.29) is 12.1 Å². The van der Waals surface area contributed by atoms with E-state index in [0.29, 0.717) is 6.42 Å². The van der Waals surface area contributed by atoms with Crippen molar-refractivity contribution in [2.75, 3.05) is 26.2 Å². The number of carbonyl (C=O) groups excluding carboxylic acids is 1. The van der Waals surface area contributed by atoms with Gasteiger partial charge in [-0.15, -0.1) is 0 Å². The molecule has 0 spiro atoms. The fourth-order valence-corrected chi connectivity index (χ4v) is 2.81. The molecule has 1 amide bonds. The van der Waals surface area contributed by atoms with E-state index in [9.17, 15) is 18.0 Å². The van der Waals surface area contributed by atoms with E-state index in [1.165, 1.54) is 0 Å². The van der Waals surface area contributed by atoms with Crippen LogP contribution in [0, 0.1) is 0 Å². The zero-order chi connectivity index (χ0) is 13.2. The first-order chi connectivity index (χ1) is 8.48.